The molecule has 0 amide bonds. The maximum absolute atomic E-state index is 9.70. The van der Waals surface area contributed by atoms with Crippen LogP contribution in [0.1, 0.15) is 22.3 Å². The molecule has 1 aromatic heterocycles. The van der Waals surface area contributed by atoms with Crippen LogP contribution in [0.15, 0.2) is 76.7 Å². The van der Waals surface area contributed by atoms with Gasteiger partial charge in [0.25, 0.3) is 0 Å². The molecule has 1 aliphatic heterocycles. The number of nitriles is 1. The van der Waals surface area contributed by atoms with E-state index >= 15 is 0 Å². The maximum Gasteiger partial charge on any atom is 0.309 e. The molecule has 2 heterocycles. The van der Waals surface area contributed by atoms with Crippen molar-refractivity contribution in [3.05, 3.63) is 89.0 Å². The number of amidine groups is 2. The molecule has 0 atom stereocenters. The van der Waals surface area contributed by atoms with Gasteiger partial charge in [-0.05, 0) is 12.1 Å². The number of aliphatic imine (C=N–C) groups is 2. The van der Waals surface area contributed by atoms with Crippen molar-refractivity contribution < 1.29 is 5.26 Å². The molecule has 0 spiro atoms. The highest BCUT2D eigenvalue weighted by molar-refractivity contribution is 6.23. The lowest BCUT2D eigenvalue weighted by atomic mass is 10.0. The zero-order valence-electron chi connectivity index (χ0n) is 15.8. The Hall–Kier alpha value is -4.68. The SMILES string of the molecule is N#Cc1cccc2c(-c3ccccc3C#[NH+])[nH]c(/N=C3\N=C(N)c4ccccc43)c12. The first-order valence-electron chi connectivity index (χ1n) is 9.31. The summed E-state index contributed by atoms with van der Waals surface area (Å²) in [5.41, 5.74) is 10.5. The third kappa shape index (κ3) is 2.56. The monoisotopic (exact) mass is 387 g/mol. The summed E-state index contributed by atoms with van der Waals surface area (Å²) in [5.74, 6) is 1.45. The predicted octanol–water partition coefficient (Wildman–Crippen LogP) is 2.62. The van der Waals surface area contributed by atoms with E-state index in [1.807, 2.05) is 60.7 Å². The Morgan fingerprint density at radius 1 is 0.900 bits per heavy atom. The van der Waals surface area contributed by atoms with Crippen molar-refractivity contribution in [2.45, 2.75) is 0 Å². The number of nitrogens with zero attached hydrogens (tertiary/aromatic N) is 3. The van der Waals surface area contributed by atoms with Gasteiger partial charge in [-0.3, -0.25) is 0 Å². The highest BCUT2D eigenvalue weighted by Gasteiger charge is 2.22. The Labute approximate surface area is 172 Å². The normalized spacial score (nSPS) is 13.7. The quantitative estimate of drug-likeness (QED) is 0.491. The minimum atomic E-state index is 0.421. The molecule has 0 bridgehead atoms. The number of hydrogen-bond donors (Lipinski definition) is 3. The van der Waals surface area contributed by atoms with Gasteiger partial charge in [-0.1, -0.05) is 59.9 Å². The molecular weight excluding hydrogens is 372 g/mol. The van der Waals surface area contributed by atoms with Crippen molar-refractivity contribution in [2.75, 3.05) is 0 Å². The van der Waals surface area contributed by atoms with Crippen LogP contribution in [0.25, 0.3) is 22.0 Å². The first kappa shape index (κ1) is 17.4. The van der Waals surface area contributed by atoms with Crippen molar-refractivity contribution in [1.29, 1.82) is 5.26 Å². The van der Waals surface area contributed by atoms with Gasteiger partial charge in [0.05, 0.1) is 17.3 Å². The molecule has 6 heteroatoms. The minimum absolute atomic E-state index is 0.421. The Balaban J connectivity index is 1.81. The van der Waals surface area contributed by atoms with Crippen molar-refractivity contribution in [3.63, 3.8) is 0 Å². The maximum atomic E-state index is 9.70. The number of benzene rings is 3. The summed E-state index contributed by atoms with van der Waals surface area (Å²) in [7, 11) is 0. The molecule has 6 nitrogen and oxygen atoms in total. The summed E-state index contributed by atoms with van der Waals surface area (Å²) in [4.78, 5) is 12.5. The van der Waals surface area contributed by atoms with Crippen LogP contribution in [0.2, 0.25) is 0 Å². The second-order valence-corrected chi connectivity index (χ2v) is 6.84. The third-order valence-corrected chi connectivity index (χ3v) is 5.15. The summed E-state index contributed by atoms with van der Waals surface area (Å²) in [6.07, 6.45) is 0. The number of nitrogens with one attached hydrogen (secondary N) is 2. The van der Waals surface area contributed by atoms with E-state index in [0.717, 1.165) is 27.8 Å². The van der Waals surface area contributed by atoms with E-state index in [-0.39, 0.29) is 0 Å². The average Bonchev–Trinajstić information content (AvgIpc) is 3.32. The molecule has 140 valence electrons. The fraction of sp³-hybridized carbons (Fsp3) is 0. The third-order valence-electron chi connectivity index (χ3n) is 5.15. The number of aromatic nitrogens is 1. The average molecular weight is 387 g/mol. The van der Waals surface area contributed by atoms with Gasteiger partial charge in [0.15, 0.2) is 5.84 Å². The fourth-order valence-electron chi connectivity index (χ4n) is 3.79. The Morgan fingerprint density at radius 2 is 1.60 bits per heavy atom. The molecule has 0 radical (unpaired) electrons. The van der Waals surface area contributed by atoms with E-state index in [0.29, 0.717) is 34.0 Å². The van der Waals surface area contributed by atoms with Gasteiger partial charge in [0, 0.05) is 27.5 Å². The van der Waals surface area contributed by atoms with E-state index in [9.17, 15) is 5.26 Å². The first-order valence-corrected chi connectivity index (χ1v) is 9.31. The molecule has 0 unspecified atom stereocenters. The van der Waals surface area contributed by atoms with Crippen molar-refractivity contribution in [1.82, 2.24) is 4.98 Å². The van der Waals surface area contributed by atoms with Crippen LogP contribution in [0.5, 0.6) is 0 Å². The number of nitrogens with two attached hydrogens (primary N) is 1. The van der Waals surface area contributed by atoms with Crippen molar-refractivity contribution in [3.8, 4) is 23.4 Å². The predicted molar refractivity (Wildman–Crippen MR) is 116 cm³/mol. The number of rotatable bonds is 2. The van der Waals surface area contributed by atoms with Gasteiger partial charge >= 0.3 is 6.07 Å². The van der Waals surface area contributed by atoms with Gasteiger partial charge in [0.2, 0.25) is 0 Å². The second kappa shape index (κ2) is 6.73. The molecule has 1 aliphatic rings. The molecule has 4 N–H and O–H groups in total. The largest absolute Gasteiger partial charge is 0.383 e. The van der Waals surface area contributed by atoms with Crippen LogP contribution in [0.4, 0.5) is 5.82 Å². The standard InChI is InChI=1S/C24H14N6/c25-12-14-6-1-2-8-16(14)21-19-11-5-7-15(13-26)20(19)24(28-21)30-23-18-10-4-3-9-17(18)22(27)29-23/h1-11,28H,(H2,27,29,30)/p+1. The summed E-state index contributed by atoms with van der Waals surface area (Å²) in [5, 5.41) is 18.9. The minimum Gasteiger partial charge on any atom is -0.383 e. The number of fused-ring (bicyclic) bond motifs is 2. The lowest BCUT2D eigenvalue weighted by molar-refractivity contribution is -0.0908. The van der Waals surface area contributed by atoms with Gasteiger partial charge in [0.1, 0.15) is 17.2 Å². The van der Waals surface area contributed by atoms with Gasteiger partial charge < -0.3 is 10.7 Å². The molecule has 4 aromatic rings. The first-order chi connectivity index (χ1) is 14.7. The van der Waals surface area contributed by atoms with Crippen LogP contribution in [0.3, 0.4) is 0 Å². The highest BCUT2D eigenvalue weighted by Crippen LogP contribution is 2.38. The summed E-state index contributed by atoms with van der Waals surface area (Å²) >= 11 is 0. The van der Waals surface area contributed by atoms with Crippen molar-refractivity contribution in [2.24, 2.45) is 15.7 Å². The van der Waals surface area contributed by atoms with Crippen LogP contribution in [-0.2, 0) is 0 Å². The van der Waals surface area contributed by atoms with Crippen LogP contribution < -0.4 is 11.0 Å². The summed E-state index contributed by atoms with van der Waals surface area (Å²) in [6, 6.07) is 25.4. The highest BCUT2D eigenvalue weighted by atomic mass is 15.0. The van der Waals surface area contributed by atoms with Gasteiger partial charge in [-0.2, -0.15) is 5.26 Å². The zero-order valence-corrected chi connectivity index (χ0v) is 15.8. The zero-order chi connectivity index (χ0) is 20.7. The van der Waals surface area contributed by atoms with E-state index in [4.69, 9.17) is 16.0 Å². The van der Waals surface area contributed by atoms with E-state index < -0.39 is 0 Å². The van der Waals surface area contributed by atoms with Crippen LogP contribution in [0, 0.1) is 17.4 Å². The molecule has 0 saturated heterocycles. The Morgan fingerprint density at radius 3 is 2.37 bits per heavy atom. The number of hydrogen-bond acceptors (Lipinski definition) is 3. The molecule has 0 aliphatic carbocycles. The molecule has 0 fully saturated rings. The Kier molecular flexibility index (Phi) is 3.91. The smallest absolute Gasteiger partial charge is 0.309 e. The van der Waals surface area contributed by atoms with Crippen LogP contribution >= 0.6 is 0 Å². The lowest BCUT2D eigenvalue weighted by Gasteiger charge is -2.01. The van der Waals surface area contributed by atoms with E-state index in [1.165, 1.54) is 0 Å². The molecule has 5 rings (SSSR count). The van der Waals surface area contributed by atoms with Gasteiger partial charge in [-0.25, -0.2) is 9.98 Å². The summed E-state index contributed by atoms with van der Waals surface area (Å²) in [6.45, 7) is 0. The van der Waals surface area contributed by atoms with E-state index in [2.05, 4.69) is 22.1 Å². The Bertz CT molecular complexity index is 1470. The molecule has 0 saturated carbocycles. The number of aromatic amines is 1. The topological polar surface area (TPSA) is 114 Å². The van der Waals surface area contributed by atoms with Crippen molar-refractivity contribution >= 4 is 28.3 Å². The van der Waals surface area contributed by atoms with Crippen LogP contribution in [-0.4, -0.2) is 16.7 Å². The molecular formula is C24H15N6+. The molecule has 3 aromatic carbocycles. The lowest BCUT2D eigenvalue weighted by Crippen LogP contribution is -2.17. The fourth-order valence-corrected chi connectivity index (χ4v) is 3.79. The van der Waals surface area contributed by atoms with E-state index in [1.54, 1.807) is 6.07 Å². The number of H-pyrrole nitrogens is 1. The molecule has 30 heavy (non-hydrogen) atoms. The second-order valence-electron chi connectivity index (χ2n) is 6.84. The summed E-state index contributed by atoms with van der Waals surface area (Å²) < 4.78 is 0. The van der Waals surface area contributed by atoms with Gasteiger partial charge in [-0.15, -0.1) is 0 Å².